The topological polar surface area (TPSA) is 32.8 Å². The van der Waals surface area contributed by atoms with E-state index in [0.29, 0.717) is 23.8 Å². The molecule has 0 spiro atoms. The lowest BCUT2D eigenvalue weighted by atomic mass is 10.1. The molecule has 0 saturated carbocycles. The number of carbonyl (C=O) groups is 1. The van der Waals surface area contributed by atoms with E-state index in [1.165, 1.54) is 0 Å². The Bertz CT molecular complexity index is 318. The summed E-state index contributed by atoms with van der Waals surface area (Å²) in [4.78, 5) is 15.7. The van der Waals surface area contributed by atoms with Gasteiger partial charge in [0.25, 0.3) is 0 Å². The highest BCUT2D eigenvalue weighted by Gasteiger charge is 2.20. The van der Waals surface area contributed by atoms with E-state index >= 15 is 0 Å². The van der Waals surface area contributed by atoms with Gasteiger partial charge in [0.1, 0.15) is 5.78 Å². The molecule has 2 atom stereocenters. The second-order valence-corrected chi connectivity index (χ2v) is 7.58. The molecule has 1 aliphatic heterocycles. The molecule has 4 nitrogen and oxygen atoms in total. The van der Waals surface area contributed by atoms with Crippen LogP contribution in [0.4, 0.5) is 0 Å². The third-order valence-electron chi connectivity index (χ3n) is 4.54. The maximum Gasteiger partial charge on any atom is 0.131 e. The Labute approximate surface area is 155 Å². The highest BCUT2D eigenvalue weighted by atomic mass is 32.1. The summed E-state index contributed by atoms with van der Waals surface area (Å²) in [7, 11) is 2.11. The molecule has 0 N–H and O–H groups in total. The third-order valence-corrected chi connectivity index (χ3v) is 4.94. The van der Waals surface area contributed by atoms with E-state index in [2.05, 4.69) is 43.3 Å². The van der Waals surface area contributed by atoms with Crippen molar-refractivity contribution >= 4 is 18.4 Å². The number of ketones is 1. The van der Waals surface area contributed by atoms with Gasteiger partial charge in [0, 0.05) is 38.0 Å². The molecule has 0 aromatic carbocycles. The standard InChI is InChI=1S/C17H34N2O2S.C2H6/c1-14(5-9-18(4)16(3)22)13-21-17-7-11-19(12-8-17)10-6-15(2)20;1-2/h14,16-17,22H,5-13H2,1-4H3;1-2H3. The summed E-state index contributed by atoms with van der Waals surface area (Å²) in [6.45, 7) is 15.0. The molecule has 1 rings (SSSR count). The number of likely N-dealkylation sites (tertiary alicyclic amines) is 1. The Hall–Kier alpha value is -0.100. The van der Waals surface area contributed by atoms with Gasteiger partial charge >= 0.3 is 0 Å². The minimum atomic E-state index is 0.285. The van der Waals surface area contributed by atoms with Crippen molar-refractivity contribution in [3.8, 4) is 0 Å². The maximum atomic E-state index is 11.0. The van der Waals surface area contributed by atoms with Gasteiger partial charge in [-0.05, 0) is 52.6 Å². The van der Waals surface area contributed by atoms with Crippen LogP contribution in [0, 0.1) is 5.92 Å². The minimum Gasteiger partial charge on any atom is -0.378 e. The molecule has 0 radical (unpaired) electrons. The molecule has 5 heteroatoms. The Kier molecular flexibility index (Phi) is 14.1. The lowest BCUT2D eigenvalue weighted by Gasteiger charge is -2.32. The zero-order valence-electron chi connectivity index (χ0n) is 16.8. The second kappa shape index (κ2) is 14.1. The van der Waals surface area contributed by atoms with Crippen LogP contribution in [0.1, 0.15) is 60.3 Å². The highest BCUT2D eigenvalue weighted by Crippen LogP contribution is 2.16. The lowest BCUT2D eigenvalue weighted by Crippen LogP contribution is -2.38. The van der Waals surface area contributed by atoms with Crippen LogP contribution in [-0.2, 0) is 9.53 Å². The smallest absolute Gasteiger partial charge is 0.131 e. The molecule has 2 unspecified atom stereocenters. The van der Waals surface area contributed by atoms with Crippen LogP contribution in [0.2, 0.25) is 0 Å². The first-order valence-electron chi connectivity index (χ1n) is 9.60. The van der Waals surface area contributed by atoms with Gasteiger partial charge in [0.15, 0.2) is 0 Å². The fourth-order valence-corrected chi connectivity index (χ4v) is 2.73. The Morgan fingerprint density at radius 1 is 1.29 bits per heavy atom. The molecule has 0 bridgehead atoms. The van der Waals surface area contributed by atoms with Gasteiger partial charge in [-0.1, -0.05) is 20.8 Å². The quantitative estimate of drug-likeness (QED) is 0.475. The average molecular weight is 361 g/mol. The van der Waals surface area contributed by atoms with Crippen LogP contribution in [0.5, 0.6) is 0 Å². The van der Waals surface area contributed by atoms with Gasteiger partial charge in [-0.2, -0.15) is 12.6 Å². The van der Waals surface area contributed by atoms with Crippen LogP contribution in [0.15, 0.2) is 0 Å². The molecule has 0 aromatic heterocycles. The van der Waals surface area contributed by atoms with Gasteiger partial charge in [0.2, 0.25) is 0 Å². The van der Waals surface area contributed by atoms with Gasteiger partial charge in [-0.3, -0.25) is 9.69 Å². The molecule has 0 aromatic rings. The summed E-state index contributed by atoms with van der Waals surface area (Å²) >= 11 is 4.44. The summed E-state index contributed by atoms with van der Waals surface area (Å²) < 4.78 is 6.08. The molecule has 24 heavy (non-hydrogen) atoms. The van der Waals surface area contributed by atoms with E-state index in [1.54, 1.807) is 6.92 Å². The van der Waals surface area contributed by atoms with Crippen molar-refractivity contribution in [3.05, 3.63) is 0 Å². The number of piperidine rings is 1. The fraction of sp³-hybridized carbons (Fsp3) is 0.947. The third kappa shape index (κ3) is 11.5. The average Bonchev–Trinajstić information content (AvgIpc) is 2.58. The largest absolute Gasteiger partial charge is 0.378 e. The van der Waals surface area contributed by atoms with E-state index in [0.717, 1.165) is 52.0 Å². The number of rotatable bonds is 10. The predicted molar refractivity (Wildman–Crippen MR) is 107 cm³/mol. The first kappa shape index (κ1) is 23.9. The molecule has 1 heterocycles. The summed E-state index contributed by atoms with van der Waals surface area (Å²) in [5.74, 6) is 0.873. The van der Waals surface area contributed by atoms with Gasteiger partial charge < -0.3 is 9.64 Å². The normalized spacial score (nSPS) is 18.8. The Morgan fingerprint density at radius 2 is 1.88 bits per heavy atom. The zero-order valence-corrected chi connectivity index (χ0v) is 17.6. The number of ether oxygens (including phenoxy) is 1. The molecule has 1 fully saturated rings. The van der Waals surface area contributed by atoms with Gasteiger partial charge in [-0.15, -0.1) is 0 Å². The number of hydrogen-bond acceptors (Lipinski definition) is 5. The van der Waals surface area contributed by atoms with Crippen LogP contribution in [0.3, 0.4) is 0 Å². The predicted octanol–water partition coefficient (Wildman–Crippen LogP) is 3.71. The number of thiol groups is 1. The highest BCUT2D eigenvalue weighted by molar-refractivity contribution is 7.80. The molecular formula is C19H40N2O2S. The van der Waals surface area contributed by atoms with Crippen LogP contribution in [0.25, 0.3) is 0 Å². The van der Waals surface area contributed by atoms with Crippen LogP contribution < -0.4 is 0 Å². The van der Waals surface area contributed by atoms with Crippen molar-refractivity contribution < 1.29 is 9.53 Å². The molecule has 0 aliphatic carbocycles. The van der Waals surface area contributed by atoms with E-state index < -0.39 is 0 Å². The second-order valence-electron chi connectivity index (χ2n) is 6.83. The van der Waals surface area contributed by atoms with E-state index in [-0.39, 0.29) is 5.78 Å². The van der Waals surface area contributed by atoms with Crippen molar-refractivity contribution in [2.24, 2.45) is 5.92 Å². The summed E-state index contributed by atoms with van der Waals surface area (Å²) in [6, 6.07) is 0. The maximum absolute atomic E-state index is 11.0. The van der Waals surface area contributed by atoms with Crippen molar-refractivity contribution in [3.63, 3.8) is 0 Å². The zero-order chi connectivity index (χ0) is 18.5. The summed E-state index contributed by atoms with van der Waals surface area (Å²) in [6.07, 6.45) is 4.42. The molecule has 1 saturated heterocycles. The van der Waals surface area contributed by atoms with Crippen molar-refractivity contribution in [2.45, 2.75) is 71.8 Å². The molecule has 1 aliphatic rings. The minimum absolute atomic E-state index is 0.285. The summed E-state index contributed by atoms with van der Waals surface area (Å²) in [5.41, 5.74) is 0. The van der Waals surface area contributed by atoms with E-state index in [4.69, 9.17) is 4.74 Å². The van der Waals surface area contributed by atoms with E-state index in [9.17, 15) is 4.79 Å². The van der Waals surface area contributed by atoms with Gasteiger partial charge in [-0.25, -0.2) is 0 Å². The number of Topliss-reactive ketones (excluding diaryl/α,β-unsaturated/α-hetero) is 1. The number of hydrogen-bond donors (Lipinski definition) is 1. The first-order valence-corrected chi connectivity index (χ1v) is 10.1. The molecule has 144 valence electrons. The van der Waals surface area contributed by atoms with Gasteiger partial charge in [0.05, 0.1) is 6.10 Å². The van der Waals surface area contributed by atoms with Crippen molar-refractivity contribution in [1.82, 2.24) is 9.80 Å². The molecular weight excluding hydrogens is 320 g/mol. The van der Waals surface area contributed by atoms with Crippen LogP contribution >= 0.6 is 12.6 Å². The van der Waals surface area contributed by atoms with Crippen molar-refractivity contribution in [1.29, 1.82) is 0 Å². The fourth-order valence-electron chi connectivity index (χ4n) is 2.61. The number of nitrogens with zero attached hydrogens (tertiary/aromatic N) is 2. The monoisotopic (exact) mass is 360 g/mol. The molecule has 0 amide bonds. The lowest BCUT2D eigenvalue weighted by molar-refractivity contribution is -0.117. The van der Waals surface area contributed by atoms with E-state index in [1.807, 2.05) is 13.8 Å². The SMILES string of the molecule is CC.CC(=O)CCN1CCC(OCC(C)CCN(C)C(C)S)CC1. The Balaban J connectivity index is 0.00000254. The first-order chi connectivity index (χ1) is 11.4. The summed E-state index contributed by atoms with van der Waals surface area (Å²) in [5, 5.41) is 0.312. The Morgan fingerprint density at radius 3 is 2.38 bits per heavy atom. The van der Waals surface area contributed by atoms with Crippen molar-refractivity contribution in [2.75, 3.05) is 39.8 Å². The van der Waals surface area contributed by atoms with Crippen LogP contribution in [-0.4, -0.2) is 66.9 Å². The number of carbonyl (C=O) groups excluding carboxylic acids is 1.